The van der Waals surface area contributed by atoms with E-state index in [1.54, 1.807) is 0 Å². The largest absolute Gasteiger partial charge is 0.492 e. The molecule has 1 amide bonds. The number of hydrogen-bond donors (Lipinski definition) is 2. The molecule has 2 N–H and O–H groups in total. The molecule has 1 atom stereocenters. The molecule has 1 aromatic rings. The van der Waals surface area contributed by atoms with Crippen LogP contribution in [0.4, 0.5) is 5.69 Å². The lowest BCUT2D eigenvalue weighted by Gasteiger charge is -2.22. The van der Waals surface area contributed by atoms with Crippen molar-refractivity contribution >= 4 is 36.4 Å². The number of morpholine rings is 1. The quantitative estimate of drug-likeness (QED) is 0.708. The number of ether oxygens (including phenoxy) is 2. The number of nitrogens with one attached hydrogen (secondary N) is 2. The van der Waals surface area contributed by atoms with Crippen molar-refractivity contribution in [2.75, 3.05) is 51.3 Å². The molecule has 144 valence electrons. The summed E-state index contributed by atoms with van der Waals surface area (Å²) >= 11 is 0. The average molecular weight is 394 g/mol. The maximum absolute atomic E-state index is 12.1. The minimum Gasteiger partial charge on any atom is -0.492 e. The van der Waals surface area contributed by atoms with Gasteiger partial charge in [0.05, 0.1) is 6.61 Å². The standard InChI is InChI=1S/C17H27N3O3.2ClH/c1-3-20(4-2)10-12-22-15-7-5-14(6-8-15)19-17(21)16-13-18-9-11-23-16;;/h5-8,16,18H,3-4,9-13H2,1-2H3,(H,19,21);2*1H/t16-;;/m1../s1. The van der Waals surface area contributed by atoms with Crippen LogP contribution in [0.5, 0.6) is 5.75 Å². The number of benzene rings is 1. The van der Waals surface area contributed by atoms with E-state index >= 15 is 0 Å². The van der Waals surface area contributed by atoms with Crippen molar-refractivity contribution in [3.63, 3.8) is 0 Å². The highest BCUT2D eigenvalue weighted by Crippen LogP contribution is 2.16. The maximum Gasteiger partial charge on any atom is 0.254 e. The molecule has 1 aliphatic heterocycles. The van der Waals surface area contributed by atoms with Crippen LogP contribution in [0.25, 0.3) is 0 Å². The van der Waals surface area contributed by atoms with Crippen molar-refractivity contribution in [1.29, 1.82) is 0 Å². The van der Waals surface area contributed by atoms with Gasteiger partial charge in [-0.2, -0.15) is 0 Å². The molecule has 0 radical (unpaired) electrons. The SMILES string of the molecule is CCN(CC)CCOc1ccc(NC(=O)[C@H]2CNCCO2)cc1.Cl.Cl. The van der Waals surface area contributed by atoms with Crippen LogP contribution in [0.2, 0.25) is 0 Å². The fourth-order valence-corrected chi connectivity index (χ4v) is 2.42. The summed E-state index contributed by atoms with van der Waals surface area (Å²) in [6.45, 7) is 9.84. The minimum absolute atomic E-state index is 0. The molecule has 1 aliphatic rings. The van der Waals surface area contributed by atoms with Crippen LogP contribution in [0.15, 0.2) is 24.3 Å². The molecular formula is C17H29Cl2N3O3. The molecule has 8 heteroatoms. The first-order valence-electron chi connectivity index (χ1n) is 8.31. The van der Waals surface area contributed by atoms with E-state index in [0.29, 0.717) is 19.8 Å². The third-order valence-corrected chi connectivity index (χ3v) is 3.91. The van der Waals surface area contributed by atoms with Gasteiger partial charge in [-0.05, 0) is 37.4 Å². The van der Waals surface area contributed by atoms with Gasteiger partial charge in [-0.25, -0.2) is 0 Å². The van der Waals surface area contributed by atoms with E-state index in [0.717, 1.165) is 37.6 Å². The van der Waals surface area contributed by atoms with Gasteiger partial charge < -0.3 is 25.0 Å². The van der Waals surface area contributed by atoms with Crippen molar-refractivity contribution in [2.45, 2.75) is 20.0 Å². The van der Waals surface area contributed by atoms with Gasteiger partial charge in [0.1, 0.15) is 18.5 Å². The molecule has 1 heterocycles. The Bertz CT molecular complexity index is 479. The first-order valence-corrected chi connectivity index (χ1v) is 8.31. The molecule has 0 aromatic heterocycles. The van der Waals surface area contributed by atoms with Gasteiger partial charge >= 0.3 is 0 Å². The summed E-state index contributed by atoms with van der Waals surface area (Å²) in [5.41, 5.74) is 0.750. The van der Waals surface area contributed by atoms with E-state index in [1.807, 2.05) is 24.3 Å². The van der Waals surface area contributed by atoms with Gasteiger partial charge in [-0.15, -0.1) is 24.8 Å². The first kappa shape index (κ1) is 23.9. The number of rotatable bonds is 8. The Morgan fingerprint density at radius 3 is 2.52 bits per heavy atom. The van der Waals surface area contributed by atoms with Crippen molar-refractivity contribution in [3.05, 3.63) is 24.3 Å². The smallest absolute Gasteiger partial charge is 0.254 e. The number of carbonyl (C=O) groups is 1. The molecule has 25 heavy (non-hydrogen) atoms. The minimum atomic E-state index is -0.422. The predicted octanol–water partition coefficient (Wildman–Crippen LogP) is 2.18. The summed E-state index contributed by atoms with van der Waals surface area (Å²) in [4.78, 5) is 14.4. The Morgan fingerprint density at radius 1 is 1.28 bits per heavy atom. The average Bonchev–Trinajstić information content (AvgIpc) is 2.61. The molecular weight excluding hydrogens is 365 g/mol. The lowest BCUT2D eigenvalue weighted by atomic mass is 10.2. The fourth-order valence-electron chi connectivity index (χ4n) is 2.42. The summed E-state index contributed by atoms with van der Waals surface area (Å²) in [6, 6.07) is 7.44. The highest BCUT2D eigenvalue weighted by atomic mass is 35.5. The summed E-state index contributed by atoms with van der Waals surface area (Å²) in [6.07, 6.45) is -0.422. The van der Waals surface area contributed by atoms with E-state index in [-0.39, 0.29) is 30.7 Å². The summed E-state index contributed by atoms with van der Waals surface area (Å²) in [7, 11) is 0. The lowest BCUT2D eigenvalue weighted by Crippen LogP contribution is -2.45. The van der Waals surface area contributed by atoms with Crippen molar-refractivity contribution in [2.24, 2.45) is 0 Å². The van der Waals surface area contributed by atoms with Crippen LogP contribution in [-0.4, -0.2) is 62.8 Å². The number of carbonyl (C=O) groups excluding carboxylic acids is 1. The van der Waals surface area contributed by atoms with Crippen LogP contribution in [0, 0.1) is 0 Å². The highest BCUT2D eigenvalue weighted by Gasteiger charge is 2.21. The molecule has 0 aliphatic carbocycles. The Labute approximate surface area is 162 Å². The molecule has 2 rings (SSSR count). The second kappa shape index (κ2) is 13.2. The lowest BCUT2D eigenvalue weighted by molar-refractivity contribution is -0.128. The van der Waals surface area contributed by atoms with E-state index in [4.69, 9.17) is 9.47 Å². The Morgan fingerprint density at radius 2 is 1.96 bits per heavy atom. The van der Waals surface area contributed by atoms with Gasteiger partial charge in [-0.3, -0.25) is 4.79 Å². The maximum atomic E-state index is 12.1. The molecule has 1 saturated heterocycles. The van der Waals surface area contributed by atoms with Crippen molar-refractivity contribution in [1.82, 2.24) is 10.2 Å². The van der Waals surface area contributed by atoms with E-state index in [9.17, 15) is 4.79 Å². The monoisotopic (exact) mass is 393 g/mol. The van der Waals surface area contributed by atoms with Crippen LogP contribution >= 0.6 is 24.8 Å². The molecule has 1 fully saturated rings. The predicted molar refractivity (Wildman–Crippen MR) is 105 cm³/mol. The zero-order valence-corrected chi connectivity index (χ0v) is 16.5. The number of likely N-dealkylation sites (N-methyl/N-ethyl adjacent to an activating group) is 1. The molecule has 1 aromatic carbocycles. The van der Waals surface area contributed by atoms with Crippen LogP contribution in [0.3, 0.4) is 0 Å². The fraction of sp³-hybridized carbons (Fsp3) is 0.588. The number of nitrogens with zero attached hydrogens (tertiary/aromatic N) is 1. The topological polar surface area (TPSA) is 62.8 Å². The molecule has 0 unspecified atom stereocenters. The number of hydrogen-bond acceptors (Lipinski definition) is 5. The van der Waals surface area contributed by atoms with Crippen LogP contribution in [0.1, 0.15) is 13.8 Å². The van der Waals surface area contributed by atoms with Crippen LogP contribution in [-0.2, 0) is 9.53 Å². The van der Waals surface area contributed by atoms with E-state index in [1.165, 1.54) is 0 Å². The summed E-state index contributed by atoms with van der Waals surface area (Å²) < 4.78 is 11.2. The summed E-state index contributed by atoms with van der Waals surface area (Å²) in [5, 5.41) is 6.01. The summed E-state index contributed by atoms with van der Waals surface area (Å²) in [5.74, 6) is 0.693. The second-order valence-corrected chi connectivity index (χ2v) is 5.45. The number of halogens is 2. The van der Waals surface area contributed by atoms with Gasteiger partial charge in [0, 0.05) is 25.3 Å². The Kier molecular flexibility index (Phi) is 12.6. The van der Waals surface area contributed by atoms with Gasteiger partial charge in [0.25, 0.3) is 5.91 Å². The second-order valence-electron chi connectivity index (χ2n) is 5.45. The Hall–Kier alpha value is -1.05. The Balaban J connectivity index is 0.00000288. The molecule has 0 spiro atoms. The zero-order chi connectivity index (χ0) is 16.5. The van der Waals surface area contributed by atoms with Crippen molar-refractivity contribution < 1.29 is 14.3 Å². The first-order chi connectivity index (χ1) is 11.2. The third-order valence-electron chi connectivity index (χ3n) is 3.91. The zero-order valence-electron chi connectivity index (χ0n) is 14.8. The number of amides is 1. The van der Waals surface area contributed by atoms with Gasteiger partial charge in [0.2, 0.25) is 0 Å². The van der Waals surface area contributed by atoms with Crippen LogP contribution < -0.4 is 15.4 Å². The normalized spacial score (nSPS) is 16.5. The molecule has 0 bridgehead atoms. The highest BCUT2D eigenvalue weighted by molar-refractivity contribution is 5.94. The van der Waals surface area contributed by atoms with E-state index in [2.05, 4.69) is 29.4 Å². The van der Waals surface area contributed by atoms with E-state index < -0.39 is 6.10 Å². The third kappa shape index (κ3) is 8.25. The number of anilines is 1. The molecule has 0 saturated carbocycles. The van der Waals surface area contributed by atoms with Gasteiger partial charge in [-0.1, -0.05) is 13.8 Å². The molecule has 6 nitrogen and oxygen atoms in total. The van der Waals surface area contributed by atoms with Gasteiger partial charge in [0.15, 0.2) is 0 Å². The van der Waals surface area contributed by atoms with Crippen molar-refractivity contribution in [3.8, 4) is 5.75 Å².